The van der Waals surface area contributed by atoms with Crippen molar-refractivity contribution in [1.29, 1.82) is 0 Å². The molecule has 0 aromatic carbocycles. The number of nitrogens with one attached hydrogen (secondary N) is 1. The molecule has 0 fully saturated rings. The molecule has 0 amide bonds. The van der Waals surface area contributed by atoms with E-state index in [4.69, 9.17) is 4.42 Å². The molecule has 0 aliphatic carbocycles. The van der Waals surface area contributed by atoms with Gasteiger partial charge in [0, 0.05) is 17.4 Å². The lowest BCUT2D eigenvalue weighted by atomic mass is 9.99. The van der Waals surface area contributed by atoms with Crippen molar-refractivity contribution in [3.8, 4) is 0 Å². The van der Waals surface area contributed by atoms with Gasteiger partial charge in [0.05, 0.1) is 12.5 Å². The van der Waals surface area contributed by atoms with Crippen LogP contribution in [0.15, 0.2) is 35.1 Å². The van der Waals surface area contributed by atoms with Crippen molar-refractivity contribution in [1.82, 2.24) is 10.3 Å². The van der Waals surface area contributed by atoms with Gasteiger partial charge in [-0.2, -0.15) is 0 Å². The summed E-state index contributed by atoms with van der Waals surface area (Å²) in [6.45, 7) is 7.16. The molecule has 0 saturated heterocycles. The van der Waals surface area contributed by atoms with Gasteiger partial charge in [0.1, 0.15) is 0 Å². The standard InChI is InChI=1S/C15H20N2O/c1-4-16-15(9-13-7-8-18-10-13)14-6-5-11(2)17-12(14)3/h5-8,10,15-16H,4,9H2,1-3H3. The highest BCUT2D eigenvalue weighted by Gasteiger charge is 2.14. The quantitative estimate of drug-likeness (QED) is 0.877. The van der Waals surface area contributed by atoms with Crippen molar-refractivity contribution in [2.75, 3.05) is 6.54 Å². The van der Waals surface area contributed by atoms with E-state index in [1.165, 1.54) is 11.1 Å². The smallest absolute Gasteiger partial charge is 0.0935 e. The number of furan rings is 1. The molecule has 18 heavy (non-hydrogen) atoms. The number of aromatic nitrogens is 1. The molecule has 2 rings (SSSR count). The highest BCUT2D eigenvalue weighted by molar-refractivity contribution is 5.27. The Hall–Kier alpha value is -1.61. The number of nitrogens with zero attached hydrogens (tertiary/aromatic N) is 1. The Kier molecular flexibility index (Phi) is 4.15. The first-order valence-corrected chi connectivity index (χ1v) is 6.39. The fourth-order valence-electron chi connectivity index (χ4n) is 2.25. The first-order valence-electron chi connectivity index (χ1n) is 6.39. The average Bonchev–Trinajstić information content (AvgIpc) is 2.81. The van der Waals surface area contributed by atoms with E-state index in [2.05, 4.69) is 36.3 Å². The van der Waals surface area contributed by atoms with Crippen LogP contribution in [0.1, 0.15) is 35.5 Å². The second-order valence-corrected chi connectivity index (χ2v) is 4.57. The molecule has 3 nitrogen and oxygen atoms in total. The predicted octanol–water partition coefficient (Wildman–Crippen LogP) is 3.18. The van der Waals surface area contributed by atoms with Crippen LogP contribution in [-0.2, 0) is 6.42 Å². The highest BCUT2D eigenvalue weighted by atomic mass is 16.3. The Balaban J connectivity index is 2.23. The Morgan fingerprint density at radius 2 is 2.11 bits per heavy atom. The summed E-state index contributed by atoms with van der Waals surface area (Å²) in [6, 6.07) is 6.55. The van der Waals surface area contributed by atoms with Gasteiger partial charge in [0.2, 0.25) is 0 Å². The first-order chi connectivity index (χ1) is 8.70. The number of hydrogen-bond donors (Lipinski definition) is 1. The van der Waals surface area contributed by atoms with Gasteiger partial charge in [-0.15, -0.1) is 0 Å². The van der Waals surface area contributed by atoms with E-state index >= 15 is 0 Å². The van der Waals surface area contributed by atoms with Gasteiger partial charge in [0.15, 0.2) is 0 Å². The van der Waals surface area contributed by atoms with Crippen LogP contribution in [0.3, 0.4) is 0 Å². The number of rotatable bonds is 5. The molecular weight excluding hydrogens is 224 g/mol. The molecule has 1 N–H and O–H groups in total. The minimum Gasteiger partial charge on any atom is -0.472 e. The highest BCUT2D eigenvalue weighted by Crippen LogP contribution is 2.21. The number of pyridine rings is 1. The average molecular weight is 244 g/mol. The SMILES string of the molecule is CCNC(Cc1ccoc1)c1ccc(C)nc1C. The molecule has 2 aromatic heterocycles. The van der Waals surface area contributed by atoms with Crippen LogP contribution in [-0.4, -0.2) is 11.5 Å². The Bertz CT molecular complexity index is 491. The van der Waals surface area contributed by atoms with E-state index in [1.54, 1.807) is 12.5 Å². The summed E-state index contributed by atoms with van der Waals surface area (Å²) >= 11 is 0. The minimum atomic E-state index is 0.292. The van der Waals surface area contributed by atoms with Crippen LogP contribution >= 0.6 is 0 Å². The topological polar surface area (TPSA) is 38.1 Å². The Labute approximate surface area is 108 Å². The molecule has 0 aliphatic heterocycles. The maximum absolute atomic E-state index is 5.14. The predicted molar refractivity (Wildman–Crippen MR) is 72.5 cm³/mol. The third kappa shape index (κ3) is 2.99. The lowest BCUT2D eigenvalue weighted by Gasteiger charge is -2.19. The van der Waals surface area contributed by atoms with Gasteiger partial charge < -0.3 is 9.73 Å². The lowest BCUT2D eigenvalue weighted by molar-refractivity contribution is 0.531. The molecule has 0 aliphatic rings. The first kappa shape index (κ1) is 12.8. The molecule has 0 radical (unpaired) electrons. The summed E-state index contributed by atoms with van der Waals surface area (Å²) < 4.78 is 5.14. The molecule has 1 atom stereocenters. The van der Waals surface area contributed by atoms with Gasteiger partial charge in [-0.05, 0) is 50.1 Å². The minimum absolute atomic E-state index is 0.292. The largest absolute Gasteiger partial charge is 0.472 e. The fourth-order valence-corrected chi connectivity index (χ4v) is 2.25. The molecule has 1 unspecified atom stereocenters. The van der Waals surface area contributed by atoms with Crippen LogP contribution in [0.2, 0.25) is 0 Å². The summed E-state index contributed by atoms with van der Waals surface area (Å²) in [5.74, 6) is 0. The van der Waals surface area contributed by atoms with Crippen molar-refractivity contribution >= 4 is 0 Å². The maximum Gasteiger partial charge on any atom is 0.0935 e. The second kappa shape index (κ2) is 5.83. The van der Waals surface area contributed by atoms with Gasteiger partial charge in [-0.3, -0.25) is 4.98 Å². The van der Waals surface area contributed by atoms with Crippen LogP contribution in [0, 0.1) is 13.8 Å². The summed E-state index contributed by atoms with van der Waals surface area (Å²) in [5, 5.41) is 3.52. The van der Waals surface area contributed by atoms with Gasteiger partial charge >= 0.3 is 0 Å². The Morgan fingerprint density at radius 3 is 2.72 bits per heavy atom. The van der Waals surface area contributed by atoms with E-state index < -0.39 is 0 Å². The van der Waals surface area contributed by atoms with Crippen LogP contribution in [0.5, 0.6) is 0 Å². The summed E-state index contributed by atoms with van der Waals surface area (Å²) in [6.07, 6.45) is 4.45. The van der Waals surface area contributed by atoms with Gasteiger partial charge in [0.25, 0.3) is 0 Å². The lowest BCUT2D eigenvalue weighted by Crippen LogP contribution is -2.24. The second-order valence-electron chi connectivity index (χ2n) is 4.57. The molecule has 96 valence electrons. The zero-order valence-electron chi connectivity index (χ0n) is 11.2. The molecule has 0 bridgehead atoms. The molecule has 3 heteroatoms. The van der Waals surface area contributed by atoms with E-state index in [9.17, 15) is 0 Å². The molecule has 0 saturated carbocycles. The third-order valence-electron chi connectivity index (χ3n) is 3.11. The molecular formula is C15H20N2O. The van der Waals surface area contributed by atoms with Gasteiger partial charge in [-0.25, -0.2) is 0 Å². The van der Waals surface area contributed by atoms with Crippen molar-refractivity contribution in [2.45, 2.75) is 33.2 Å². The summed E-state index contributed by atoms with van der Waals surface area (Å²) in [5.41, 5.74) is 4.64. The van der Waals surface area contributed by atoms with E-state index in [0.29, 0.717) is 6.04 Å². The normalized spacial score (nSPS) is 12.6. The fraction of sp³-hybridized carbons (Fsp3) is 0.400. The number of hydrogen-bond acceptors (Lipinski definition) is 3. The van der Waals surface area contributed by atoms with Gasteiger partial charge in [-0.1, -0.05) is 13.0 Å². The van der Waals surface area contributed by atoms with Crippen molar-refractivity contribution in [3.05, 3.63) is 53.2 Å². The molecule has 0 spiro atoms. The molecule has 2 heterocycles. The maximum atomic E-state index is 5.14. The summed E-state index contributed by atoms with van der Waals surface area (Å²) in [4.78, 5) is 4.54. The van der Waals surface area contributed by atoms with Crippen LogP contribution < -0.4 is 5.32 Å². The monoisotopic (exact) mass is 244 g/mol. The van der Waals surface area contributed by atoms with E-state index in [0.717, 1.165) is 24.4 Å². The van der Waals surface area contributed by atoms with E-state index in [1.807, 2.05) is 13.0 Å². The van der Waals surface area contributed by atoms with Crippen molar-refractivity contribution in [3.63, 3.8) is 0 Å². The molecule has 2 aromatic rings. The van der Waals surface area contributed by atoms with Crippen molar-refractivity contribution < 1.29 is 4.42 Å². The summed E-state index contributed by atoms with van der Waals surface area (Å²) in [7, 11) is 0. The Morgan fingerprint density at radius 1 is 1.28 bits per heavy atom. The van der Waals surface area contributed by atoms with E-state index in [-0.39, 0.29) is 0 Å². The zero-order chi connectivity index (χ0) is 13.0. The number of aryl methyl sites for hydroxylation is 2. The van der Waals surface area contributed by atoms with Crippen molar-refractivity contribution in [2.24, 2.45) is 0 Å². The zero-order valence-corrected chi connectivity index (χ0v) is 11.2. The third-order valence-corrected chi connectivity index (χ3v) is 3.11. The van der Waals surface area contributed by atoms with Crippen LogP contribution in [0.25, 0.3) is 0 Å². The van der Waals surface area contributed by atoms with Crippen LogP contribution in [0.4, 0.5) is 0 Å². The number of likely N-dealkylation sites (N-methyl/N-ethyl adjacent to an activating group) is 1.